The molecule has 0 aliphatic rings. The van der Waals surface area contributed by atoms with Crippen molar-refractivity contribution in [3.05, 3.63) is 35.9 Å². The third-order valence-corrected chi connectivity index (χ3v) is 3.35. The maximum absolute atomic E-state index is 11.7. The number of hydrogen-bond acceptors (Lipinski definition) is 3. The van der Waals surface area contributed by atoms with Crippen LogP contribution in [0.15, 0.2) is 30.3 Å². The lowest BCUT2D eigenvalue weighted by Crippen LogP contribution is -2.31. The topological polar surface area (TPSA) is 46.5 Å². The van der Waals surface area contributed by atoms with Crippen LogP contribution in [0.3, 0.4) is 0 Å². The Bertz CT molecular complexity index is 333. The summed E-state index contributed by atoms with van der Waals surface area (Å²) in [7, 11) is 0. The molecule has 0 bridgehead atoms. The van der Waals surface area contributed by atoms with Gasteiger partial charge in [0.1, 0.15) is 0 Å². The Labute approximate surface area is 102 Å². The summed E-state index contributed by atoms with van der Waals surface area (Å²) in [6.45, 7) is 4.30. The summed E-state index contributed by atoms with van der Waals surface area (Å²) < 4.78 is 5.27. The smallest absolute Gasteiger partial charge is 0.338 e. The van der Waals surface area contributed by atoms with Crippen LogP contribution < -0.4 is 0 Å². The van der Waals surface area contributed by atoms with Gasteiger partial charge in [0.2, 0.25) is 0 Å². The minimum absolute atomic E-state index is 0.0437. The van der Waals surface area contributed by atoms with Crippen molar-refractivity contribution in [2.45, 2.75) is 26.7 Å². The summed E-state index contributed by atoms with van der Waals surface area (Å²) in [5, 5.41) is 9.37. The Morgan fingerprint density at radius 2 is 1.82 bits per heavy atom. The molecule has 0 aliphatic carbocycles. The molecular formula is C14H20O3. The highest BCUT2D eigenvalue weighted by Gasteiger charge is 2.27. The fourth-order valence-corrected chi connectivity index (χ4v) is 1.60. The van der Waals surface area contributed by atoms with Crippen molar-refractivity contribution in [1.29, 1.82) is 0 Å². The van der Waals surface area contributed by atoms with Crippen LogP contribution in [-0.2, 0) is 4.74 Å². The molecule has 1 aromatic carbocycles. The molecule has 0 spiro atoms. The summed E-state index contributed by atoms with van der Waals surface area (Å²) in [5.74, 6) is -0.328. The summed E-state index contributed by atoms with van der Waals surface area (Å²) in [4.78, 5) is 11.7. The molecule has 17 heavy (non-hydrogen) atoms. The number of rotatable bonds is 6. The monoisotopic (exact) mass is 236 g/mol. The quantitative estimate of drug-likeness (QED) is 0.772. The van der Waals surface area contributed by atoms with E-state index in [9.17, 15) is 9.90 Å². The van der Waals surface area contributed by atoms with Crippen molar-refractivity contribution in [3.63, 3.8) is 0 Å². The Morgan fingerprint density at radius 3 is 2.29 bits per heavy atom. The van der Waals surface area contributed by atoms with E-state index in [0.29, 0.717) is 5.56 Å². The number of aliphatic hydroxyl groups excluding tert-OH is 1. The van der Waals surface area contributed by atoms with E-state index in [1.165, 1.54) is 0 Å². The van der Waals surface area contributed by atoms with E-state index < -0.39 is 0 Å². The molecule has 0 saturated heterocycles. The highest BCUT2D eigenvalue weighted by Crippen LogP contribution is 2.26. The molecule has 0 aromatic heterocycles. The van der Waals surface area contributed by atoms with Gasteiger partial charge in [-0.25, -0.2) is 4.79 Å². The first-order valence-corrected chi connectivity index (χ1v) is 6.00. The number of carbonyl (C=O) groups excluding carboxylic acids is 1. The van der Waals surface area contributed by atoms with Gasteiger partial charge in [-0.05, 0) is 25.0 Å². The average Bonchev–Trinajstić information content (AvgIpc) is 2.41. The highest BCUT2D eigenvalue weighted by atomic mass is 16.5. The maximum Gasteiger partial charge on any atom is 0.338 e. The zero-order valence-corrected chi connectivity index (χ0v) is 10.5. The molecule has 0 atom stereocenters. The van der Waals surface area contributed by atoms with Gasteiger partial charge in [0, 0.05) is 5.41 Å². The summed E-state index contributed by atoms with van der Waals surface area (Å²) in [6.07, 6.45) is 1.59. The van der Waals surface area contributed by atoms with Crippen molar-refractivity contribution >= 4 is 5.97 Å². The SMILES string of the molecule is CCC(CC)(CO)COC(=O)c1ccccc1. The largest absolute Gasteiger partial charge is 0.461 e. The molecule has 94 valence electrons. The van der Waals surface area contributed by atoms with Gasteiger partial charge in [-0.3, -0.25) is 0 Å². The van der Waals surface area contributed by atoms with Gasteiger partial charge in [0.05, 0.1) is 18.8 Å². The van der Waals surface area contributed by atoms with E-state index in [0.717, 1.165) is 12.8 Å². The van der Waals surface area contributed by atoms with E-state index >= 15 is 0 Å². The van der Waals surface area contributed by atoms with Crippen LogP contribution in [0, 0.1) is 5.41 Å². The lowest BCUT2D eigenvalue weighted by molar-refractivity contribution is 0.00668. The second kappa shape index (κ2) is 6.40. The van der Waals surface area contributed by atoms with Gasteiger partial charge in [-0.1, -0.05) is 32.0 Å². The van der Waals surface area contributed by atoms with E-state index in [1.807, 2.05) is 19.9 Å². The molecule has 0 saturated carbocycles. The molecule has 0 heterocycles. The molecule has 0 fully saturated rings. The van der Waals surface area contributed by atoms with Crippen LogP contribution >= 0.6 is 0 Å². The number of benzene rings is 1. The Balaban J connectivity index is 2.59. The molecule has 0 amide bonds. The van der Waals surface area contributed by atoms with Gasteiger partial charge >= 0.3 is 5.97 Å². The van der Waals surface area contributed by atoms with Gasteiger partial charge in [0.15, 0.2) is 0 Å². The third kappa shape index (κ3) is 3.56. The van der Waals surface area contributed by atoms with E-state index in [1.54, 1.807) is 24.3 Å². The number of esters is 1. The second-order valence-electron chi connectivity index (χ2n) is 4.31. The van der Waals surface area contributed by atoms with Crippen molar-refractivity contribution < 1.29 is 14.6 Å². The fraction of sp³-hybridized carbons (Fsp3) is 0.500. The number of carbonyl (C=O) groups is 1. The summed E-state index contributed by atoms with van der Waals surface area (Å²) in [6, 6.07) is 8.90. The van der Waals surface area contributed by atoms with E-state index in [4.69, 9.17) is 4.74 Å². The fourth-order valence-electron chi connectivity index (χ4n) is 1.60. The summed E-state index contributed by atoms with van der Waals surface area (Å²) >= 11 is 0. The molecule has 1 aromatic rings. The number of ether oxygens (including phenoxy) is 1. The normalized spacial score (nSPS) is 11.2. The predicted octanol–water partition coefficient (Wildman–Crippen LogP) is 2.64. The van der Waals surface area contributed by atoms with Crippen LogP contribution in [0.1, 0.15) is 37.0 Å². The van der Waals surface area contributed by atoms with E-state index in [2.05, 4.69) is 0 Å². The molecule has 3 heteroatoms. The number of aliphatic hydroxyl groups is 1. The molecule has 1 N–H and O–H groups in total. The molecule has 0 radical (unpaired) electrons. The first-order chi connectivity index (χ1) is 8.17. The third-order valence-electron chi connectivity index (χ3n) is 3.35. The molecule has 0 aliphatic heterocycles. The van der Waals surface area contributed by atoms with Crippen LogP contribution in [-0.4, -0.2) is 24.3 Å². The van der Waals surface area contributed by atoms with Crippen LogP contribution in [0.25, 0.3) is 0 Å². The Morgan fingerprint density at radius 1 is 1.24 bits per heavy atom. The predicted molar refractivity (Wildman–Crippen MR) is 66.8 cm³/mol. The van der Waals surface area contributed by atoms with E-state index in [-0.39, 0.29) is 24.6 Å². The van der Waals surface area contributed by atoms with Gasteiger partial charge in [-0.2, -0.15) is 0 Å². The van der Waals surface area contributed by atoms with Gasteiger partial charge < -0.3 is 9.84 Å². The van der Waals surface area contributed by atoms with Crippen molar-refractivity contribution in [2.24, 2.45) is 5.41 Å². The van der Waals surface area contributed by atoms with Crippen LogP contribution in [0.2, 0.25) is 0 Å². The lowest BCUT2D eigenvalue weighted by Gasteiger charge is -2.28. The molecule has 1 rings (SSSR count). The van der Waals surface area contributed by atoms with Gasteiger partial charge in [-0.15, -0.1) is 0 Å². The average molecular weight is 236 g/mol. The van der Waals surface area contributed by atoms with Crippen LogP contribution in [0.4, 0.5) is 0 Å². The van der Waals surface area contributed by atoms with Crippen LogP contribution in [0.5, 0.6) is 0 Å². The zero-order chi connectivity index (χ0) is 12.7. The minimum atomic E-state index is -0.328. The standard InChI is InChI=1S/C14H20O3/c1-3-14(4-2,10-15)11-17-13(16)12-8-6-5-7-9-12/h5-9,15H,3-4,10-11H2,1-2H3. The first-order valence-electron chi connectivity index (χ1n) is 6.00. The Hall–Kier alpha value is -1.35. The minimum Gasteiger partial charge on any atom is -0.461 e. The van der Waals surface area contributed by atoms with Crippen molar-refractivity contribution in [3.8, 4) is 0 Å². The van der Waals surface area contributed by atoms with Gasteiger partial charge in [0.25, 0.3) is 0 Å². The molecule has 0 unspecified atom stereocenters. The second-order valence-corrected chi connectivity index (χ2v) is 4.31. The maximum atomic E-state index is 11.7. The lowest BCUT2D eigenvalue weighted by atomic mass is 9.84. The molecule has 3 nitrogen and oxygen atoms in total. The summed E-state index contributed by atoms with van der Waals surface area (Å²) in [5.41, 5.74) is 0.247. The first kappa shape index (κ1) is 13.7. The molecular weight excluding hydrogens is 216 g/mol. The highest BCUT2D eigenvalue weighted by molar-refractivity contribution is 5.89. The Kier molecular flexibility index (Phi) is 5.16. The zero-order valence-electron chi connectivity index (χ0n) is 10.5. The van der Waals surface area contributed by atoms with Crippen molar-refractivity contribution in [1.82, 2.24) is 0 Å². The number of hydrogen-bond donors (Lipinski definition) is 1. The van der Waals surface area contributed by atoms with Crippen molar-refractivity contribution in [2.75, 3.05) is 13.2 Å².